The van der Waals surface area contributed by atoms with Gasteiger partial charge in [-0.25, -0.2) is 0 Å². The molecular weight excluding hydrogens is 154 g/mol. The highest BCUT2D eigenvalue weighted by Crippen LogP contribution is 2.31. The zero-order valence-corrected chi connectivity index (χ0v) is 6.54. The Morgan fingerprint density at radius 2 is 2.42 bits per heavy atom. The second kappa shape index (κ2) is 2.24. The van der Waals surface area contributed by atoms with Crippen molar-refractivity contribution in [2.24, 2.45) is 0 Å². The zero-order chi connectivity index (χ0) is 8.72. The number of aliphatic hydroxyl groups excluding tert-OH is 1. The first-order valence-corrected chi connectivity index (χ1v) is 3.94. The number of aliphatic hydroxyl groups is 1. The van der Waals surface area contributed by atoms with Crippen molar-refractivity contribution in [1.29, 1.82) is 10.7 Å². The van der Waals surface area contributed by atoms with Crippen LogP contribution < -0.4 is 0 Å². The molecule has 1 atom stereocenters. The molecule has 0 saturated carbocycles. The van der Waals surface area contributed by atoms with E-state index in [0.29, 0.717) is 0 Å². The lowest BCUT2D eigenvalue weighted by molar-refractivity contribution is 0.311. The SMILES string of the molecule is N#CC1=C(O)[C@H]2CCCN2C1=N. The third-order valence-electron chi connectivity index (χ3n) is 2.46. The Morgan fingerprint density at radius 3 is 3.00 bits per heavy atom. The lowest BCUT2D eigenvalue weighted by Gasteiger charge is -2.16. The molecule has 1 fully saturated rings. The Balaban J connectivity index is 2.42. The van der Waals surface area contributed by atoms with Crippen LogP contribution in [0.4, 0.5) is 0 Å². The lowest BCUT2D eigenvalue weighted by atomic mass is 10.1. The smallest absolute Gasteiger partial charge is 0.143 e. The fourth-order valence-electron chi connectivity index (χ4n) is 1.86. The van der Waals surface area contributed by atoms with Gasteiger partial charge >= 0.3 is 0 Å². The van der Waals surface area contributed by atoms with Gasteiger partial charge in [0.05, 0.1) is 6.04 Å². The van der Waals surface area contributed by atoms with Crippen LogP contribution in [0.1, 0.15) is 12.8 Å². The molecule has 62 valence electrons. The fourth-order valence-corrected chi connectivity index (χ4v) is 1.86. The molecule has 0 aliphatic carbocycles. The second-order valence-corrected chi connectivity index (χ2v) is 3.07. The number of nitrogens with zero attached hydrogens (tertiary/aromatic N) is 2. The lowest BCUT2D eigenvalue weighted by Crippen LogP contribution is -2.29. The Hall–Kier alpha value is -1.50. The molecule has 2 N–H and O–H groups in total. The van der Waals surface area contributed by atoms with E-state index in [1.807, 2.05) is 6.07 Å². The van der Waals surface area contributed by atoms with E-state index in [2.05, 4.69) is 0 Å². The molecule has 4 heteroatoms. The minimum absolute atomic E-state index is 0.0767. The van der Waals surface area contributed by atoms with E-state index >= 15 is 0 Å². The minimum Gasteiger partial charge on any atom is -0.509 e. The molecule has 0 aromatic heterocycles. The van der Waals surface area contributed by atoms with Crippen LogP contribution in [-0.4, -0.2) is 28.4 Å². The van der Waals surface area contributed by atoms with Crippen molar-refractivity contribution >= 4 is 5.84 Å². The molecule has 0 spiro atoms. The molecule has 0 aromatic rings. The summed E-state index contributed by atoms with van der Waals surface area (Å²) in [6, 6.07) is 1.78. The van der Waals surface area contributed by atoms with Crippen LogP contribution in [-0.2, 0) is 0 Å². The topological polar surface area (TPSA) is 71.1 Å². The zero-order valence-electron chi connectivity index (χ0n) is 6.54. The molecular formula is C8H9N3O. The van der Waals surface area contributed by atoms with E-state index < -0.39 is 0 Å². The minimum atomic E-state index is -0.0767. The highest BCUT2D eigenvalue weighted by molar-refractivity contribution is 6.03. The summed E-state index contributed by atoms with van der Waals surface area (Å²) in [7, 11) is 0. The average molecular weight is 163 g/mol. The van der Waals surface area contributed by atoms with Crippen molar-refractivity contribution in [2.45, 2.75) is 18.9 Å². The summed E-state index contributed by atoms with van der Waals surface area (Å²) >= 11 is 0. The van der Waals surface area contributed by atoms with Crippen molar-refractivity contribution in [3.63, 3.8) is 0 Å². The van der Waals surface area contributed by atoms with Crippen molar-refractivity contribution in [3.8, 4) is 6.07 Å². The van der Waals surface area contributed by atoms with Crippen LogP contribution in [0, 0.1) is 16.7 Å². The highest BCUT2D eigenvalue weighted by atomic mass is 16.3. The van der Waals surface area contributed by atoms with Gasteiger partial charge in [0.1, 0.15) is 23.2 Å². The Labute approximate surface area is 70.2 Å². The Kier molecular flexibility index (Phi) is 1.34. The number of fused-ring (bicyclic) bond motifs is 1. The summed E-state index contributed by atoms with van der Waals surface area (Å²) in [5.41, 5.74) is 0.153. The number of hydrogen-bond acceptors (Lipinski definition) is 3. The first kappa shape index (κ1) is 7.17. The molecule has 0 amide bonds. The van der Waals surface area contributed by atoms with Gasteiger partial charge in [0.25, 0.3) is 0 Å². The van der Waals surface area contributed by atoms with Gasteiger partial charge in [0.2, 0.25) is 0 Å². The molecule has 2 rings (SSSR count). The monoisotopic (exact) mass is 163 g/mol. The van der Waals surface area contributed by atoms with Crippen molar-refractivity contribution in [2.75, 3.05) is 6.54 Å². The summed E-state index contributed by atoms with van der Waals surface area (Å²) in [5.74, 6) is 0.289. The second-order valence-electron chi connectivity index (χ2n) is 3.07. The van der Waals surface area contributed by atoms with E-state index in [-0.39, 0.29) is 23.2 Å². The van der Waals surface area contributed by atoms with Gasteiger partial charge in [-0.1, -0.05) is 0 Å². The van der Waals surface area contributed by atoms with Crippen molar-refractivity contribution in [3.05, 3.63) is 11.3 Å². The summed E-state index contributed by atoms with van der Waals surface area (Å²) in [5, 5.41) is 25.7. The summed E-state index contributed by atoms with van der Waals surface area (Å²) in [4.78, 5) is 1.79. The summed E-state index contributed by atoms with van der Waals surface area (Å²) in [6.45, 7) is 0.790. The largest absolute Gasteiger partial charge is 0.509 e. The molecule has 1 saturated heterocycles. The van der Waals surface area contributed by atoms with Crippen LogP contribution in [0.3, 0.4) is 0 Å². The van der Waals surface area contributed by atoms with Crippen molar-refractivity contribution in [1.82, 2.24) is 4.90 Å². The van der Waals surface area contributed by atoms with Crippen LogP contribution in [0.5, 0.6) is 0 Å². The van der Waals surface area contributed by atoms with Gasteiger partial charge in [-0.05, 0) is 12.8 Å². The van der Waals surface area contributed by atoms with E-state index in [1.165, 1.54) is 0 Å². The third-order valence-corrected chi connectivity index (χ3v) is 2.46. The number of nitriles is 1. The van der Waals surface area contributed by atoms with Crippen LogP contribution in [0.15, 0.2) is 11.3 Å². The maximum atomic E-state index is 9.50. The molecule has 2 heterocycles. The first-order valence-electron chi connectivity index (χ1n) is 3.94. The van der Waals surface area contributed by atoms with E-state index in [4.69, 9.17) is 10.7 Å². The van der Waals surface area contributed by atoms with Crippen molar-refractivity contribution < 1.29 is 5.11 Å². The number of hydrogen-bond donors (Lipinski definition) is 2. The maximum Gasteiger partial charge on any atom is 0.143 e. The van der Waals surface area contributed by atoms with Gasteiger partial charge in [0.15, 0.2) is 0 Å². The van der Waals surface area contributed by atoms with Gasteiger partial charge in [-0.15, -0.1) is 0 Å². The summed E-state index contributed by atoms with van der Waals surface area (Å²) in [6.07, 6.45) is 1.86. The molecule has 12 heavy (non-hydrogen) atoms. The maximum absolute atomic E-state index is 9.50. The standard InChI is InChI=1S/C8H9N3O/c9-4-5-7(12)6-2-1-3-11(6)8(5)10/h6,10,12H,1-3H2/t6-/m1/s1. The number of amidine groups is 1. The quantitative estimate of drug-likeness (QED) is 0.554. The fraction of sp³-hybridized carbons (Fsp3) is 0.500. The average Bonchev–Trinajstić information content (AvgIpc) is 2.58. The molecule has 0 bridgehead atoms. The van der Waals surface area contributed by atoms with E-state index in [1.54, 1.807) is 4.90 Å². The first-order chi connectivity index (χ1) is 5.75. The Morgan fingerprint density at radius 1 is 1.67 bits per heavy atom. The van der Waals surface area contributed by atoms with Gasteiger partial charge in [-0.2, -0.15) is 5.26 Å². The van der Waals surface area contributed by atoms with E-state index in [0.717, 1.165) is 19.4 Å². The summed E-state index contributed by atoms with van der Waals surface area (Å²) < 4.78 is 0. The molecule has 0 unspecified atom stereocenters. The highest BCUT2D eigenvalue weighted by Gasteiger charge is 2.39. The molecule has 2 aliphatic rings. The Bertz CT molecular complexity index is 313. The number of rotatable bonds is 0. The normalized spacial score (nSPS) is 27.8. The van der Waals surface area contributed by atoms with Crippen LogP contribution in [0.25, 0.3) is 0 Å². The predicted octanol–water partition coefficient (Wildman–Crippen LogP) is 0.777. The van der Waals surface area contributed by atoms with Crippen LogP contribution >= 0.6 is 0 Å². The number of nitrogens with one attached hydrogen (secondary N) is 1. The predicted molar refractivity (Wildman–Crippen MR) is 42.7 cm³/mol. The van der Waals surface area contributed by atoms with Gasteiger partial charge in [-0.3, -0.25) is 5.41 Å². The molecule has 0 radical (unpaired) electrons. The van der Waals surface area contributed by atoms with Gasteiger partial charge in [0, 0.05) is 6.54 Å². The van der Waals surface area contributed by atoms with Crippen LogP contribution in [0.2, 0.25) is 0 Å². The molecule has 4 nitrogen and oxygen atoms in total. The molecule has 2 aliphatic heterocycles. The molecule has 0 aromatic carbocycles. The third kappa shape index (κ3) is 0.681. The van der Waals surface area contributed by atoms with E-state index in [9.17, 15) is 5.11 Å². The van der Waals surface area contributed by atoms with Gasteiger partial charge < -0.3 is 10.0 Å².